The Morgan fingerprint density at radius 2 is 1.90 bits per heavy atom. The van der Waals surface area contributed by atoms with Crippen LogP contribution in [0.5, 0.6) is 0 Å². The molecule has 1 aromatic carbocycles. The number of carbonyl (C=O) groups excluding carboxylic acids is 1. The predicted molar refractivity (Wildman–Crippen MR) is 127 cm³/mol. The summed E-state index contributed by atoms with van der Waals surface area (Å²) < 4.78 is 4.23. The molecule has 0 aliphatic carbocycles. The Balaban J connectivity index is 1.39. The minimum atomic E-state index is 0.131. The van der Waals surface area contributed by atoms with Crippen molar-refractivity contribution < 1.29 is 4.79 Å². The first-order valence-corrected chi connectivity index (χ1v) is 12.2. The number of hydrogen-bond acceptors (Lipinski definition) is 5. The van der Waals surface area contributed by atoms with Crippen LogP contribution in [0.4, 0.5) is 0 Å². The maximum Gasteiger partial charge on any atom is 0.191 e. The second-order valence-electron chi connectivity index (χ2n) is 7.60. The van der Waals surface area contributed by atoms with Gasteiger partial charge in [-0.15, -0.1) is 21.5 Å². The second-order valence-corrected chi connectivity index (χ2v) is 9.57. The average molecular weight is 451 g/mol. The highest BCUT2D eigenvalue weighted by Gasteiger charge is 2.18. The van der Waals surface area contributed by atoms with Gasteiger partial charge in [0.15, 0.2) is 10.9 Å². The summed E-state index contributed by atoms with van der Waals surface area (Å²) in [5.74, 6) is 1.40. The summed E-state index contributed by atoms with van der Waals surface area (Å²) in [5.41, 5.74) is 4.27. The number of thioether (sulfide) groups is 1. The number of carbonyl (C=O) groups is 1. The molecule has 3 heterocycles. The highest BCUT2D eigenvalue weighted by molar-refractivity contribution is 7.99. The highest BCUT2D eigenvalue weighted by Crippen LogP contribution is 2.23. The van der Waals surface area contributed by atoms with Crippen LogP contribution >= 0.6 is 23.1 Å². The molecule has 0 saturated carbocycles. The number of hydrogen-bond donors (Lipinski definition) is 0. The summed E-state index contributed by atoms with van der Waals surface area (Å²) in [6, 6.07) is 16.6. The summed E-state index contributed by atoms with van der Waals surface area (Å²) in [6.45, 7) is 4.98. The maximum absolute atomic E-state index is 13.0. The van der Waals surface area contributed by atoms with E-state index in [1.54, 1.807) is 11.3 Å². The van der Waals surface area contributed by atoms with Gasteiger partial charge in [0, 0.05) is 41.8 Å². The van der Waals surface area contributed by atoms with Crippen LogP contribution in [0, 0.1) is 13.8 Å². The zero-order valence-electron chi connectivity index (χ0n) is 18.0. The van der Waals surface area contributed by atoms with Gasteiger partial charge in [0.1, 0.15) is 5.82 Å². The van der Waals surface area contributed by atoms with Crippen molar-refractivity contribution in [2.45, 2.75) is 38.4 Å². The van der Waals surface area contributed by atoms with E-state index in [2.05, 4.69) is 57.4 Å². The van der Waals surface area contributed by atoms with Crippen LogP contribution in [0.2, 0.25) is 0 Å². The molecule has 0 atom stereocenters. The van der Waals surface area contributed by atoms with Crippen molar-refractivity contribution in [2.75, 3.05) is 5.75 Å². The molecule has 0 bridgehead atoms. The largest absolute Gasteiger partial charge is 0.348 e. The Bertz CT molecular complexity index is 1160. The molecule has 160 valence electrons. The van der Waals surface area contributed by atoms with Crippen molar-refractivity contribution in [3.63, 3.8) is 0 Å². The van der Waals surface area contributed by atoms with Crippen LogP contribution in [-0.2, 0) is 26.4 Å². The lowest BCUT2D eigenvalue weighted by atomic mass is 10.1. The first-order chi connectivity index (χ1) is 15.0. The molecule has 0 fully saturated rings. The number of aromatic nitrogens is 4. The quantitative estimate of drug-likeness (QED) is 0.263. The molecule has 3 aromatic heterocycles. The van der Waals surface area contributed by atoms with Crippen molar-refractivity contribution >= 4 is 28.9 Å². The lowest BCUT2D eigenvalue weighted by Crippen LogP contribution is -2.09. The molecule has 0 N–H and O–H groups in total. The zero-order chi connectivity index (χ0) is 21.8. The molecule has 0 amide bonds. The van der Waals surface area contributed by atoms with E-state index in [9.17, 15) is 4.79 Å². The molecule has 0 saturated heterocycles. The molecule has 4 aromatic rings. The van der Waals surface area contributed by atoms with Crippen molar-refractivity contribution in [1.82, 2.24) is 19.3 Å². The van der Waals surface area contributed by atoms with Crippen molar-refractivity contribution in [3.8, 4) is 0 Å². The average Bonchev–Trinajstić information content (AvgIpc) is 3.48. The molecule has 0 radical (unpaired) electrons. The summed E-state index contributed by atoms with van der Waals surface area (Å²) in [4.78, 5) is 14.2. The molecule has 31 heavy (non-hydrogen) atoms. The number of benzene rings is 1. The van der Waals surface area contributed by atoms with Crippen LogP contribution in [0.25, 0.3) is 0 Å². The Hall–Kier alpha value is -2.64. The highest BCUT2D eigenvalue weighted by atomic mass is 32.2. The number of rotatable bonds is 9. The van der Waals surface area contributed by atoms with Gasteiger partial charge in [0.05, 0.1) is 5.75 Å². The summed E-state index contributed by atoms with van der Waals surface area (Å²) in [7, 11) is 1.96. The number of ketones is 1. The summed E-state index contributed by atoms with van der Waals surface area (Å²) in [5, 5.41) is 11.4. The van der Waals surface area contributed by atoms with Gasteiger partial charge >= 0.3 is 0 Å². The number of Topliss-reactive ketones (excluding diaryl/α,β-unsaturated/α-hetero) is 1. The molecular formula is C24H26N4OS2. The van der Waals surface area contributed by atoms with E-state index in [-0.39, 0.29) is 5.78 Å². The molecular weight excluding hydrogens is 424 g/mol. The van der Waals surface area contributed by atoms with E-state index in [0.717, 1.165) is 47.3 Å². The van der Waals surface area contributed by atoms with Crippen LogP contribution in [0.1, 0.15) is 38.0 Å². The third kappa shape index (κ3) is 4.99. The van der Waals surface area contributed by atoms with E-state index in [1.165, 1.54) is 22.2 Å². The van der Waals surface area contributed by atoms with E-state index >= 15 is 0 Å². The Morgan fingerprint density at radius 1 is 1.10 bits per heavy atom. The molecule has 0 aliphatic rings. The Morgan fingerprint density at radius 3 is 2.65 bits per heavy atom. The van der Waals surface area contributed by atoms with Gasteiger partial charge in [-0.3, -0.25) is 4.79 Å². The first kappa shape index (κ1) is 21.6. The summed E-state index contributed by atoms with van der Waals surface area (Å²) in [6.07, 6.45) is 1.71. The number of nitrogens with zero attached hydrogens (tertiary/aromatic N) is 4. The van der Waals surface area contributed by atoms with E-state index in [4.69, 9.17) is 0 Å². The zero-order valence-corrected chi connectivity index (χ0v) is 19.7. The normalized spacial score (nSPS) is 11.2. The van der Waals surface area contributed by atoms with Gasteiger partial charge in [0.25, 0.3) is 0 Å². The molecule has 5 nitrogen and oxygen atoms in total. The smallest absolute Gasteiger partial charge is 0.191 e. The minimum Gasteiger partial charge on any atom is -0.348 e. The lowest BCUT2D eigenvalue weighted by Gasteiger charge is -2.10. The Kier molecular flexibility index (Phi) is 6.73. The van der Waals surface area contributed by atoms with Crippen LogP contribution in [-0.4, -0.2) is 30.9 Å². The first-order valence-electron chi connectivity index (χ1n) is 10.3. The molecule has 0 aliphatic heterocycles. The SMILES string of the molecule is Cc1cc(C(=O)CSc2nnc(Cc3cccs3)n2C)c(C)n1CCc1ccccc1. The monoisotopic (exact) mass is 450 g/mol. The van der Waals surface area contributed by atoms with Crippen molar-refractivity contribution in [1.29, 1.82) is 0 Å². The van der Waals surface area contributed by atoms with Gasteiger partial charge in [-0.1, -0.05) is 48.2 Å². The molecule has 7 heteroatoms. The molecule has 4 rings (SSSR count). The number of aryl methyl sites for hydroxylation is 2. The van der Waals surface area contributed by atoms with Gasteiger partial charge in [-0.2, -0.15) is 0 Å². The predicted octanol–water partition coefficient (Wildman–Crippen LogP) is 5.10. The van der Waals surface area contributed by atoms with Crippen molar-refractivity contribution in [2.24, 2.45) is 7.05 Å². The summed E-state index contributed by atoms with van der Waals surface area (Å²) >= 11 is 3.17. The third-order valence-corrected chi connectivity index (χ3v) is 7.41. The third-order valence-electron chi connectivity index (χ3n) is 5.51. The van der Waals surface area contributed by atoms with E-state index < -0.39 is 0 Å². The standard InChI is InChI=1S/C24H26N4OS2/c1-17-14-21(18(2)28(17)12-11-19-8-5-4-6-9-19)22(29)16-31-24-26-25-23(27(24)3)15-20-10-7-13-30-20/h4-10,13-14H,11-12,15-16H2,1-3H3. The fraction of sp³-hybridized carbons (Fsp3) is 0.292. The minimum absolute atomic E-state index is 0.131. The molecule has 0 spiro atoms. The Labute approximate surface area is 191 Å². The van der Waals surface area contributed by atoms with Gasteiger partial charge in [-0.25, -0.2) is 0 Å². The molecule has 0 unspecified atom stereocenters. The van der Waals surface area contributed by atoms with Gasteiger partial charge in [-0.05, 0) is 43.3 Å². The number of thiophene rings is 1. The van der Waals surface area contributed by atoms with Crippen LogP contribution in [0.15, 0.2) is 59.1 Å². The van der Waals surface area contributed by atoms with Crippen molar-refractivity contribution in [3.05, 3.63) is 87.1 Å². The topological polar surface area (TPSA) is 52.7 Å². The van der Waals surface area contributed by atoms with Gasteiger partial charge in [0.2, 0.25) is 0 Å². The fourth-order valence-corrected chi connectivity index (χ4v) is 5.23. The fourth-order valence-electron chi connectivity index (χ4n) is 3.71. The van der Waals surface area contributed by atoms with Crippen LogP contribution < -0.4 is 0 Å². The van der Waals surface area contributed by atoms with Crippen LogP contribution in [0.3, 0.4) is 0 Å². The van der Waals surface area contributed by atoms with Gasteiger partial charge < -0.3 is 9.13 Å². The lowest BCUT2D eigenvalue weighted by molar-refractivity contribution is 0.102. The van der Waals surface area contributed by atoms with E-state index in [1.807, 2.05) is 36.7 Å². The second kappa shape index (κ2) is 9.66. The maximum atomic E-state index is 13.0. The van der Waals surface area contributed by atoms with E-state index in [0.29, 0.717) is 5.75 Å².